The van der Waals surface area contributed by atoms with Crippen LogP contribution in [0.4, 0.5) is 0 Å². The Bertz CT molecular complexity index is 747. The number of nitrogens with zero attached hydrogens (tertiary/aromatic N) is 2. The Labute approximate surface area is 160 Å². The normalized spacial score (nSPS) is 12.2. The Kier molecular flexibility index (Phi) is 7.03. The van der Waals surface area contributed by atoms with Gasteiger partial charge in [0.1, 0.15) is 10.8 Å². The molecule has 0 aliphatic heterocycles. The van der Waals surface area contributed by atoms with Gasteiger partial charge in [-0.25, -0.2) is 4.98 Å². The predicted molar refractivity (Wildman–Crippen MR) is 110 cm³/mol. The van der Waals surface area contributed by atoms with Crippen LogP contribution in [0.1, 0.15) is 42.6 Å². The van der Waals surface area contributed by atoms with Crippen molar-refractivity contribution in [1.29, 1.82) is 0 Å². The molecular formula is C20H30N4OS. The van der Waals surface area contributed by atoms with Crippen LogP contribution < -0.4 is 15.4 Å². The van der Waals surface area contributed by atoms with Gasteiger partial charge in [-0.1, -0.05) is 32.9 Å². The van der Waals surface area contributed by atoms with E-state index in [0.29, 0.717) is 6.54 Å². The summed E-state index contributed by atoms with van der Waals surface area (Å²) < 4.78 is 5.39. The number of aromatic nitrogens is 1. The Balaban J connectivity index is 1.82. The van der Waals surface area contributed by atoms with Crippen LogP contribution in [0.3, 0.4) is 0 Å². The lowest BCUT2D eigenvalue weighted by molar-refractivity contribution is 0.411. The summed E-state index contributed by atoms with van der Waals surface area (Å²) in [5.74, 6) is 1.72. The van der Waals surface area contributed by atoms with Gasteiger partial charge < -0.3 is 15.4 Å². The lowest BCUT2D eigenvalue weighted by Crippen LogP contribution is -2.37. The smallest absolute Gasteiger partial charge is 0.191 e. The van der Waals surface area contributed by atoms with Crippen molar-refractivity contribution in [2.75, 3.05) is 20.7 Å². The molecule has 1 heterocycles. The van der Waals surface area contributed by atoms with E-state index in [4.69, 9.17) is 9.72 Å². The summed E-state index contributed by atoms with van der Waals surface area (Å²) in [7, 11) is 3.49. The molecule has 0 unspecified atom stereocenters. The molecule has 0 aliphatic rings. The first-order chi connectivity index (χ1) is 12.3. The minimum absolute atomic E-state index is 0.0871. The second-order valence-electron chi connectivity index (χ2n) is 7.28. The molecule has 142 valence electrons. The van der Waals surface area contributed by atoms with Crippen LogP contribution in [-0.4, -0.2) is 31.6 Å². The Morgan fingerprint density at radius 1 is 1.27 bits per heavy atom. The van der Waals surface area contributed by atoms with Gasteiger partial charge in [0.15, 0.2) is 5.96 Å². The van der Waals surface area contributed by atoms with Crippen molar-refractivity contribution in [3.8, 4) is 5.75 Å². The molecular weight excluding hydrogens is 344 g/mol. The van der Waals surface area contributed by atoms with E-state index in [9.17, 15) is 0 Å². The summed E-state index contributed by atoms with van der Waals surface area (Å²) in [5.41, 5.74) is 3.62. The Morgan fingerprint density at radius 2 is 2.04 bits per heavy atom. The highest BCUT2D eigenvalue weighted by Gasteiger charge is 2.17. The van der Waals surface area contributed by atoms with E-state index in [2.05, 4.69) is 66.9 Å². The number of thiazole rings is 1. The highest BCUT2D eigenvalue weighted by molar-refractivity contribution is 7.09. The summed E-state index contributed by atoms with van der Waals surface area (Å²) in [6.07, 6.45) is 0.906. The third kappa shape index (κ3) is 5.73. The van der Waals surface area contributed by atoms with Crippen molar-refractivity contribution in [2.45, 2.75) is 46.1 Å². The van der Waals surface area contributed by atoms with E-state index < -0.39 is 0 Å². The van der Waals surface area contributed by atoms with Gasteiger partial charge in [0.05, 0.1) is 19.3 Å². The fourth-order valence-electron chi connectivity index (χ4n) is 2.46. The van der Waals surface area contributed by atoms with Crippen molar-refractivity contribution < 1.29 is 4.74 Å². The van der Waals surface area contributed by atoms with Gasteiger partial charge in [0.2, 0.25) is 0 Å². The van der Waals surface area contributed by atoms with Crippen molar-refractivity contribution in [3.05, 3.63) is 45.4 Å². The molecule has 0 spiro atoms. The maximum absolute atomic E-state index is 5.39. The van der Waals surface area contributed by atoms with E-state index in [1.165, 1.54) is 5.56 Å². The van der Waals surface area contributed by atoms with Crippen molar-refractivity contribution in [1.82, 2.24) is 15.6 Å². The molecule has 5 nitrogen and oxygen atoms in total. The lowest BCUT2D eigenvalue weighted by Gasteiger charge is -2.14. The van der Waals surface area contributed by atoms with Crippen LogP contribution in [0.15, 0.2) is 28.6 Å². The van der Waals surface area contributed by atoms with Gasteiger partial charge in [-0.3, -0.25) is 4.99 Å². The fourth-order valence-corrected chi connectivity index (χ4v) is 3.42. The summed E-state index contributed by atoms with van der Waals surface area (Å²) in [6.45, 7) is 10.1. The zero-order valence-electron chi connectivity index (χ0n) is 16.6. The maximum atomic E-state index is 5.39. The van der Waals surface area contributed by atoms with E-state index in [-0.39, 0.29) is 5.41 Å². The first-order valence-electron chi connectivity index (χ1n) is 8.86. The number of methoxy groups -OCH3 is 1. The number of hydrogen-bond acceptors (Lipinski definition) is 4. The summed E-state index contributed by atoms with van der Waals surface area (Å²) in [4.78, 5) is 8.99. The van der Waals surface area contributed by atoms with E-state index in [1.807, 2.05) is 0 Å². The van der Waals surface area contributed by atoms with Crippen LogP contribution in [-0.2, 0) is 18.4 Å². The molecule has 0 atom stereocenters. The minimum atomic E-state index is 0.0871. The summed E-state index contributed by atoms with van der Waals surface area (Å²) >= 11 is 1.68. The number of guanidine groups is 1. The standard InChI is InChI=1S/C20H30N4OS/c1-14-7-8-15(11-16(14)25-6)9-10-22-19(21-5)23-12-18-24-17(13-26-18)20(2,3)4/h7-8,11,13H,9-10,12H2,1-6H3,(H2,21,22,23). The van der Waals surface area contributed by atoms with Gasteiger partial charge >= 0.3 is 0 Å². The van der Waals surface area contributed by atoms with Crippen LogP contribution in [0.5, 0.6) is 5.75 Å². The molecule has 0 radical (unpaired) electrons. The molecule has 0 aliphatic carbocycles. The molecule has 1 aromatic carbocycles. The van der Waals surface area contributed by atoms with Crippen LogP contribution >= 0.6 is 11.3 Å². The Morgan fingerprint density at radius 3 is 2.65 bits per heavy atom. The minimum Gasteiger partial charge on any atom is -0.496 e. The van der Waals surface area contributed by atoms with Gasteiger partial charge in [-0.2, -0.15) is 0 Å². The second-order valence-corrected chi connectivity index (χ2v) is 8.23. The summed E-state index contributed by atoms with van der Waals surface area (Å²) in [5, 5.41) is 9.89. The number of benzene rings is 1. The second kappa shape index (κ2) is 9.03. The predicted octanol–water partition coefficient (Wildman–Crippen LogP) is 3.67. The van der Waals surface area contributed by atoms with E-state index in [1.54, 1.807) is 25.5 Å². The van der Waals surface area contributed by atoms with E-state index >= 15 is 0 Å². The van der Waals surface area contributed by atoms with Gasteiger partial charge in [0.25, 0.3) is 0 Å². The molecule has 26 heavy (non-hydrogen) atoms. The number of nitrogens with one attached hydrogen (secondary N) is 2. The number of aliphatic imine (C=N–C) groups is 1. The molecule has 2 rings (SSSR count). The maximum Gasteiger partial charge on any atom is 0.191 e. The average Bonchev–Trinajstić information content (AvgIpc) is 3.08. The highest BCUT2D eigenvalue weighted by atomic mass is 32.1. The molecule has 6 heteroatoms. The summed E-state index contributed by atoms with van der Waals surface area (Å²) in [6, 6.07) is 6.33. The molecule has 0 fully saturated rings. The largest absolute Gasteiger partial charge is 0.496 e. The van der Waals surface area contributed by atoms with Gasteiger partial charge in [-0.05, 0) is 30.5 Å². The molecule has 0 saturated carbocycles. The van der Waals surface area contributed by atoms with Crippen molar-refractivity contribution >= 4 is 17.3 Å². The van der Waals surface area contributed by atoms with Crippen molar-refractivity contribution in [2.24, 2.45) is 4.99 Å². The zero-order chi connectivity index (χ0) is 19.2. The molecule has 0 saturated heterocycles. The SMILES string of the molecule is CN=C(NCCc1ccc(C)c(OC)c1)NCc1nc(C(C)(C)C)cs1. The van der Waals surface area contributed by atoms with Gasteiger partial charge in [-0.15, -0.1) is 11.3 Å². The Hall–Kier alpha value is -2.08. The van der Waals surface area contributed by atoms with Gasteiger partial charge in [0, 0.05) is 24.4 Å². The molecule has 2 N–H and O–H groups in total. The number of hydrogen-bond donors (Lipinski definition) is 2. The quantitative estimate of drug-likeness (QED) is 0.598. The average molecular weight is 375 g/mol. The molecule has 1 aromatic heterocycles. The molecule has 2 aromatic rings. The molecule has 0 bridgehead atoms. The number of ether oxygens (including phenoxy) is 1. The van der Waals surface area contributed by atoms with E-state index in [0.717, 1.165) is 40.9 Å². The van der Waals surface area contributed by atoms with Crippen LogP contribution in [0, 0.1) is 6.92 Å². The van der Waals surface area contributed by atoms with Crippen LogP contribution in [0.25, 0.3) is 0 Å². The van der Waals surface area contributed by atoms with Crippen LogP contribution in [0.2, 0.25) is 0 Å². The topological polar surface area (TPSA) is 58.5 Å². The third-order valence-corrected chi connectivity index (χ3v) is 4.98. The first kappa shape index (κ1) is 20.2. The highest BCUT2D eigenvalue weighted by Crippen LogP contribution is 2.23. The lowest BCUT2D eigenvalue weighted by atomic mass is 9.93. The van der Waals surface area contributed by atoms with Crippen molar-refractivity contribution in [3.63, 3.8) is 0 Å². The third-order valence-electron chi connectivity index (χ3n) is 4.13. The zero-order valence-corrected chi connectivity index (χ0v) is 17.5. The monoisotopic (exact) mass is 374 g/mol. The number of rotatable bonds is 6. The number of aryl methyl sites for hydroxylation is 1. The first-order valence-corrected chi connectivity index (χ1v) is 9.74. The fraction of sp³-hybridized carbons (Fsp3) is 0.500. The molecule has 0 amide bonds.